The Kier molecular flexibility index (Phi) is 5.12. The zero-order valence-electron chi connectivity index (χ0n) is 12.7. The van der Waals surface area contributed by atoms with Crippen molar-refractivity contribution >= 4 is 35.2 Å². The number of aromatic nitrogens is 4. The van der Waals surface area contributed by atoms with E-state index in [9.17, 15) is 4.79 Å². The average Bonchev–Trinajstić information content (AvgIpc) is 3.06. The summed E-state index contributed by atoms with van der Waals surface area (Å²) < 4.78 is 0. The predicted molar refractivity (Wildman–Crippen MR) is 95.0 cm³/mol. The van der Waals surface area contributed by atoms with Gasteiger partial charge in [-0.3, -0.25) is 20.2 Å². The molecular weight excluding hydrogens is 346 g/mol. The van der Waals surface area contributed by atoms with E-state index in [1.165, 1.54) is 11.8 Å². The Balaban J connectivity index is 1.62. The molecule has 0 saturated heterocycles. The molecule has 1 unspecified atom stereocenters. The van der Waals surface area contributed by atoms with E-state index in [1.54, 1.807) is 18.3 Å². The minimum atomic E-state index is -0.303. The van der Waals surface area contributed by atoms with Crippen molar-refractivity contribution in [2.75, 3.05) is 5.32 Å². The fraction of sp³-hybridized carbons (Fsp3) is 0.125. The van der Waals surface area contributed by atoms with Crippen molar-refractivity contribution in [2.45, 2.75) is 17.1 Å². The van der Waals surface area contributed by atoms with Gasteiger partial charge in [0.15, 0.2) is 5.82 Å². The van der Waals surface area contributed by atoms with Crippen molar-refractivity contribution in [2.24, 2.45) is 0 Å². The quantitative estimate of drug-likeness (QED) is 0.679. The summed E-state index contributed by atoms with van der Waals surface area (Å²) >= 11 is 7.29. The third kappa shape index (κ3) is 4.12. The molecule has 3 rings (SSSR count). The summed E-state index contributed by atoms with van der Waals surface area (Å²) in [5.74, 6) is 0.551. The van der Waals surface area contributed by atoms with Gasteiger partial charge in [0, 0.05) is 16.1 Å². The molecule has 0 aliphatic heterocycles. The molecule has 8 heteroatoms. The molecule has 1 atom stereocenters. The minimum absolute atomic E-state index is 0.179. The van der Waals surface area contributed by atoms with Gasteiger partial charge in [0.25, 0.3) is 0 Å². The summed E-state index contributed by atoms with van der Waals surface area (Å²) in [5.41, 5.74) is 0.661. The van der Waals surface area contributed by atoms with E-state index in [0.717, 1.165) is 4.90 Å². The maximum absolute atomic E-state index is 12.3. The second-order valence-corrected chi connectivity index (χ2v) is 6.78. The Labute approximate surface area is 148 Å². The molecule has 3 aromatic rings. The number of hydrogen-bond acceptors (Lipinski definition) is 5. The van der Waals surface area contributed by atoms with Gasteiger partial charge in [0.1, 0.15) is 5.69 Å². The van der Waals surface area contributed by atoms with E-state index in [2.05, 4.69) is 25.5 Å². The fourth-order valence-electron chi connectivity index (χ4n) is 1.92. The van der Waals surface area contributed by atoms with Crippen molar-refractivity contribution in [3.05, 3.63) is 53.7 Å². The number of halogens is 1. The van der Waals surface area contributed by atoms with Crippen LogP contribution in [0, 0.1) is 0 Å². The lowest BCUT2D eigenvalue weighted by Crippen LogP contribution is -2.23. The predicted octanol–water partition coefficient (Wildman–Crippen LogP) is 3.64. The number of benzene rings is 1. The first-order valence-corrected chi connectivity index (χ1v) is 8.44. The lowest BCUT2D eigenvalue weighted by Gasteiger charge is -2.10. The molecular formula is C16H14ClN5OS. The lowest BCUT2D eigenvalue weighted by atomic mass is 10.3. The highest BCUT2D eigenvalue weighted by molar-refractivity contribution is 8.00. The number of H-pyrrole nitrogens is 1. The molecule has 6 nitrogen and oxygen atoms in total. The number of anilines is 1. The number of nitrogens with zero attached hydrogens (tertiary/aromatic N) is 3. The molecule has 0 spiro atoms. The molecule has 122 valence electrons. The Morgan fingerprint density at radius 3 is 2.75 bits per heavy atom. The van der Waals surface area contributed by atoms with Gasteiger partial charge in [0.05, 0.1) is 5.25 Å². The number of aromatic amines is 1. The summed E-state index contributed by atoms with van der Waals surface area (Å²) in [6.07, 6.45) is 1.67. The van der Waals surface area contributed by atoms with E-state index in [0.29, 0.717) is 16.5 Å². The molecule has 0 radical (unpaired) electrons. The van der Waals surface area contributed by atoms with Gasteiger partial charge in [-0.2, -0.15) is 4.98 Å². The van der Waals surface area contributed by atoms with Gasteiger partial charge in [-0.1, -0.05) is 17.7 Å². The topological polar surface area (TPSA) is 83.6 Å². The molecule has 2 N–H and O–H groups in total. The number of hydrogen-bond donors (Lipinski definition) is 2. The summed E-state index contributed by atoms with van der Waals surface area (Å²) in [6.45, 7) is 1.82. The first kappa shape index (κ1) is 16.5. The Hall–Kier alpha value is -2.38. The number of nitrogens with one attached hydrogen (secondary N) is 2. The standard InChI is InChI=1S/C16H14ClN5OS/c1-10(24-12-7-5-11(17)6-8-12)15(23)20-16-19-14(21-22-16)13-4-2-3-9-18-13/h2-10H,1H3,(H2,19,20,21,22,23). The van der Waals surface area contributed by atoms with Gasteiger partial charge in [-0.15, -0.1) is 16.9 Å². The highest BCUT2D eigenvalue weighted by atomic mass is 35.5. The Morgan fingerprint density at radius 2 is 2.04 bits per heavy atom. The van der Waals surface area contributed by atoms with E-state index in [4.69, 9.17) is 11.6 Å². The number of amides is 1. The molecule has 0 fully saturated rings. The van der Waals surface area contributed by atoms with Crippen LogP contribution in [0.4, 0.5) is 5.95 Å². The van der Waals surface area contributed by atoms with Crippen molar-refractivity contribution in [1.82, 2.24) is 20.2 Å². The smallest absolute Gasteiger partial charge is 0.249 e. The lowest BCUT2D eigenvalue weighted by molar-refractivity contribution is -0.115. The molecule has 0 aliphatic carbocycles. The van der Waals surface area contributed by atoms with Crippen molar-refractivity contribution in [1.29, 1.82) is 0 Å². The number of rotatable bonds is 5. The van der Waals surface area contributed by atoms with Crippen LogP contribution < -0.4 is 5.32 Å². The monoisotopic (exact) mass is 359 g/mol. The third-order valence-electron chi connectivity index (χ3n) is 3.12. The fourth-order valence-corrected chi connectivity index (χ4v) is 2.91. The van der Waals surface area contributed by atoms with Gasteiger partial charge < -0.3 is 0 Å². The summed E-state index contributed by atoms with van der Waals surface area (Å²) in [5, 5.41) is 9.82. The molecule has 0 bridgehead atoms. The number of thioether (sulfide) groups is 1. The molecule has 1 aromatic carbocycles. The zero-order valence-corrected chi connectivity index (χ0v) is 14.3. The second kappa shape index (κ2) is 7.46. The Bertz CT molecular complexity index is 822. The van der Waals surface area contributed by atoms with Crippen molar-refractivity contribution in [3.8, 4) is 11.5 Å². The number of carbonyl (C=O) groups is 1. The highest BCUT2D eigenvalue weighted by Gasteiger charge is 2.17. The van der Waals surface area contributed by atoms with E-state index in [1.807, 2.05) is 37.3 Å². The van der Waals surface area contributed by atoms with Gasteiger partial charge in [0.2, 0.25) is 11.9 Å². The Morgan fingerprint density at radius 1 is 1.25 bits per heavy atom. The molecule has 1 amide bonds. The molecule has 2 aromatic heterocycles. The van der Waals surface area contributed by atoms with Crippen LogP contribution in [0.2, 0.25) is 5.02 Å². The van der Waals surface area contributed by atoms with Crippen molar-refractivity contribution < 1.29 is 4.79 Å². The minimum Gasteiger partial charge on any atom is -0.292 e. The van der Waals surface area contributed by atoms with Crippen LogP contribution >= 0.6 is 23.4 Å². The third-order valence-corrected chi connectivity index (χ3v) is 4.49. The second-order valence-electron chi connectivity index (χ2n) is 4.93. The maximum Gasteiger partial charge on any atom is 0.249 e. The largest absolute Gasteiger partial charge is 0.292 e. The van der Waals surface area contributed by atoms with Gasteiger partial charge in [-0.25, -0.2) is 0 Å². The van der Waals surface area contributed by atoms with E-state index in [-0.39, 0.29) is 17.1 Å². The number of carbonyl (C=O) groups excluding carboxylic acids is 1. The van der Waals surface area contributed by atoms with Crippen LogP contribution in [-0.4, -0.2) is 31.3 Å². The van der Waals surface area contributed by atoms with Crippen LogP contribution in [0.3, 0.4) is 0 Å². The van der Waals surface area contributed by atoms with Gasteiger partial charge >= 0.3 is 0 Å². The van der Waals surface area contributed by atoms with E-state index >= 15 is 0 Å². The summed E-state index contributed by atoms with van der Waals surface area (Å²) in [7, 11) is 0. The average molecular weight is 360 g/mol. The van der Waals surface area contributed by atoms with Crippen LogP contribution in [0.25, 0.3) is 11.5 Å². The molecule has 2 heterocycles. The molecule has 0 aliphatic rings. The first-order valence-electron chi connectivity index (χ1n) is 7.19. The van der Waals surface area contributed by atoms with Crippen molar-refractivity contribution in [3.63, 3.8) is 0 Å². The maximum atomic E-state index is 12.3. The zero-order chi connectivity index (χ0) is 16.9. The molecule has 0 saturated carbocycles. The summed E-state index contributed by atoms with van der Waals surface area (Å²) in [6, 6.07) is 12.8. The first-order chi connectivity index (χ1) is 11.6. The van der Waals surface area contributed by atoms with Crippen LogP contribution in [0.1, 0.15) is 6.92 Å². The SMILES string of the molecule is CC(Sc1ccc(Cl)cc1)C(=O)Nc1n[nH]c(-c2ccccn2)n1. The van der Waals surface area contributed by atoms with Crippen LogP contribution in [0.15, 0.2) is 53.6 Å². The molecule has 24 heavy (non-hydrogen) atoms. The van der Waals surface area contributed by atoms with Crippen LogP contribution in [0.5, 0.6) is 0 Å². The van der Waals surface area contributed by atoms with Crippen LogP contribution in [-0.2, 0) is 4.79 Å². The summed E-state index contributed by atoms with van der Waals surface area (Å²) in [4.78, 5) is 21.6. The normalized spacial score (nSPS) is 11.9. The van der Waals surface area contributed by atoms with E-state index < -0.39 is 0 Å². The highest BCUT2D eigenvalue weighted by Crippen LogP contribution is 2.25. The van der Waals surface area contributed by atoms with Gasteiger partial charge in [-0.05, 0) is 43.3 Å². The number of pyridine rings is 1.